The fraction of sp³-hybridized carbons (Fsp3) is 0.300. The van der Waals surface area contributed by atoms with Crippen molar-refractivity contribution >= 4 is 5.97 Å². The van der Waals surface area contributed by atoms with Gasteiger partial charge in [0, 0.05) is 17.7 Å². The van der Waals surface area contributed by atoms with E-state index in [2.05, 4.69) is 0 Å². The Morgan fingerprint density at radius 1 is 1.20 bits per heavy atom. The molecule has 15 heavy (non-hydrogen) atoms. The third-order valence-electron chi connectivity index (χ3n) is 2.51. The van der Waals surface area contributed by atoms with Gasteiger partial charge in [-0.1, -0.05) is 0 Å². The smallest absolute Gasteiger partial charge is 0.313 e. The molecule has 78 valence electrons. The zero-order valence-corrected chi connectivity index (χ0v) is 7.86. The lowest BCUT2D eigenvalue weighted by atomic mass is 10.0. The molecule has 0 amide bonds. The van der Waals surface area contributed by atoms with Gasteiger partial charge >= 0.3 is 5.97 Å². The molecule has 0 bridgehead atoms. The molecule has 0 aromatic heterocycles. The van der Waals surface area contributed by atoms with Gasteiger partial charge in [-0.05, 0) is 6.07 Å². The van der Waals surface area contributed by atoms with Gasteiger partial charge in [0.25, 0.3) is 0 Å². The standard InChI is InChI=1S/C10H9NO4/c11-6-2-10(12)15-7-3-9-8(1-5(6)7)13-4-14-9/h1,3,6H,2,4,11H2. The summed E-state index contributed by atoms with van der Waals surface area (Å²) >= 11 is 0. The minimum atomic E-state index is -0.323. The Bertz CT molecular complexity index is 443. The molecule has 5 heteroatoms. The summed E-state index contributed by atoms with van der Waals surface area (Å²) in [7, 11) is 0. The topological polar surface area (TPSA) is 70.8 Å². The number of rotatable bonds is 0. The van der Waals surface area contributed by atoms with Crippen molar-refractivity contribution < 1.29 is 19.0 Å². The third-order valence-corrected chi connectivity index (χ3v) is 2.51. The highest BCUT2D eigenvalue weighted by atomic mass is 16.7. The van der Waals surface area contributed by atoms with Crippen LogP contribution < -0.4 is 19.9 Å². The molecule has 1 aromatic rings. The normalized spacial score (nSPS) is 22.2. The average Bonchev–Trinajstić information content (AvgIpc) is 2.61. The Morgan fingerprint density at radius 3 is 2.73 bits per heavy atom. The summed E-state index contributed by atoms with van der Waals surface area (Å²) in [6.45, 7) is 0.196. The van der Waals surface area contributed by atoms with E-state index in [1.54, 1.807) is 12.1 Å². The van der Waals surface area contributed by atoms with Gasteiger partial charge in [0.1, 0.15) is 5.75 Å². The van der Waals surface area contributed by atoms with Crippen LogP contribution in [0.3, 0.4) is 0 Å². The molecule has 3 rings (SSSR count). The predicted octanol–water partition coefficient (Wildman–Crippen LogP) is 0.724. The molecule has 2 heterocycles. The first-order valence-corrected chi connectivity index (χ1v) is 4.64. The second-order valence-electron chi connectivity index (χ2n) is 3.53. The van der Waals surface area contributed by atoms with Crippen molar-refractivity contribution in [2.75, 3.05) is 6.79 Å². The summed E-state index contributed by atoms with van der Waals surface area (Å²) in [5.41, 5.74) is 6.62. The van der Waals surface area contributed by atoms with E-state index in [4.69, 9.17) is 19.9 Å². The summed E-state index contributed by atoms with van der Waals surface area (Å²) in [4.78, 5) is 11.2. The number of fused-ring (bicyclic) bond motifs is 2. The van der Waals surface area contributed by atoms with Crippen molar-refractivity contribution in [3.8, 4) is 17.2 Å². The van der Waals surface area contributed by atoms with Crippen LogP contribution in [0.15, 0.2) is 12.1 Å². The van der Waals surface area contributed by atoms with Gasteiger partial charge in [-0.2, -0.15) is 0 Å². The number of hydrogen-bond acceptors (Lipinski definition) is 5. The van der Waals surface area contributed by atoms with Gasteiger partial charge in [-0.15, -0.1) is 0 Å². The van der Waals surface area contributed by atoms with Gasteiger partial charge in [0.15, 0.2) is 11.5 Å². The molecule has 5 nitrogen and oxygen atoms in total. The minimum absolute atomic E-state index is 0.196. The Morgan fingerprint density at radius 2 is 1.93 bits per heavy atom. The van der Waals surface area contributed by atoms with E-state index in [0.29, 0.717) is 17.2 Å². The number of esters is 1. The Hall–Kier alpha value is -1.75. The molecule has 2 aliphatic heterocycles. The molecule has 1 aromatic carbocycles. The van der Waals surface area contributed by atoms with Crippen LogP contribution >= 0.6 is 0 Å². The lowest BCUT2D eigenvalue weighted by Crippen LogP contribution is -2.25. The van der Waals surface area contributed by atoms with Crippen molar-refractivity contribution in [3.05, 3.63) is 17.7 Å². The first kappa shape index (κ1) is 8.55. The van der Waals surface area contributed by atoms with Gasteiger partial charge in [0.05, 0.1) is 6.42 Å². The maximum Gasteiger partial charge on any atom is 0.313 e. The Kier molecular flexibility index (Phi) is 1.63. The fourth-order valence-electron chi connectivity index (χ4n) is 1.77. The number of carbonyl (C=O) groups excluding carboxylic acids is 1. The van der Waals surface area contributed by atoms with E-state index in [1.165, 1.54) is 0 Å². The third kappa shape index (κ3) is 1.24. The maximum atomic E-state index is 11.2. The highest BCUT2D eigenvalue weighted by Gasteiger charge is 2.28. The van der Waals surface area contributed by atoms with Crippen LogP contribution in [-0.4, -0.2) is 12.8 Å². The van der Waals surface area contributed by atoms with Crippen LogP contribution in [0.25, 0.3) is 0 Å². The van der Waals surface area contributed by atoms with Crippen LogP contribution in [0.5, 0.6) is 17.2 Å². The maximum absolute atomic E-state index is 11.2. The number of carbonyl (C=O) groups is 1. The molecule has 1 unspecified atom stereocenters. The fourth-order valence-corrected chi connectivity index (χ4v) is 1.77. The van der Waals surface area contributed by atoms with Crippen LogP contribution in [0.2, 0.25) is 0 Å². The summed E-state index contributed by atoms with van der Waals surface area (Å²) in [5, 5.41) is 0. The van der Waals surface area contributed by atoms with Crippen LogP contribution in [0.4, 0.5) is 0 Å². The highest BCUT2D eigenvalue weighted by Crippen LogP contribution is 2.42. The van der Waals surface area contributed by atoms with Gasteiger partial charge in [-0.25, -0.2) is 0 Å². The average molecular weight is 207 g/mol. The van der Waals surface area contributed by atoms with Crippen molar-refractivity contribution in [1.82, 2.24) is 0 Å². The van der Waals surface area contributed by atoms with Crippen LogP contribution in [-0.2, 0) is 4.79 Å². The zero-order chi connectivity index (χ0) is 10.4. The summed E-state index contributed by atoms with van der Waals surface area (Å²) < 4.78 is 15.5. The molecule has 1 atom stereocenters. The Labute approximate surface area is 85.7 Å². The molecular formula is C10H9NO4. The molecule has 0 saturated carbocycles. The highest BCUT2D eigenvalue weighted by molar-refractivity contribution is 5.77. The molecule has 2 N–H and O–H groups in total. The molecule has 0 saturated heterocycles. The first-order chi connectivity index (χ1) is 7.24. The molecule has 0 spiro atoms. The number of hydrogen-bond donors (Lipinski definition) is 1. The van der Waals surface area contributed by atoms with E-state index < -0.39 is 0 Å². The second kappa shape index (κ2) is 2.87. The Balaban J connectivity index is 2.13. The monoisotopic (exact) mass is 207 g/mol. The molecule has 0 fully saturated rings. The van der Waals surface area contributed by atoms with Gasteiger partial charge in [-0.3, -0.25) is 4.79 Å². The first-order valence-electron chi connectivity index (χ1n) is 4.64. The number of benzene rings is 1. The van der Waals surface area contributed by atoms with Gasteiger partial charge in [0.2, 0.25) is 6.79 Å². The quantitative estimate of drug-likeness (QED) is 0.501. The second-order valence-corrected chi connectivity index (χ2v) is 3.53. The molecule has 2 aliphatic rings. The van der Waals surface area contributed by atoms with Crippen molar-refractivity contribution in [1.29, 1.82) is 0 Å². The van der Waals surface area contributed by atoms with E-state index >= 15 is 0 Å². The van der Waals surface area contributed by atoms with Crippen molar-refractivity contribution in [2.45, 2.75) is 12.5 Å². The minimum Gasteiger partial charge on any atom is -0.454 e. The van der Waals surface area contributed by atoms with E-state index in [0.717, 1.165) is 5.56 Å². The summed E-state index contributed by atoms with van der Waals surface area (Å²) in [5.74, 6) is 1.41. The largest absolute Gasteiger partial charge is 0.454 e. The summed E-state index contributed by atoms with van der Waals surface area (Å²) in [6.07, 6.45) is 0.201. The zero-order valence-electron chi connectivity index (χ0n) is 7.86. The lowest BCUT2D eigenvalue weighted by molar-refractivity contribution is -0.135. The van der Waals surface area contributed by atoms with Crippen LogP contribution in [0, 0.1) is 0 Å². The predicted molar refractivity (Wildman–Crippen MR) is 49.7 cm³/mol. The van der Waals surface area contributed by atoms with E-state index in [-0.39, 0.29) is 25.2 Å². The van der Waals surface area contributed by atoms with E-state index in [1.807, 2.05) is 0 Å². The molecule has 0 aliphatic carbocycles. The number of nitrogens with two attached hydrogens (primary N) is 1. The van der Waals surface area contributed by atoms with Gasteiger partial charge < -0.3 is 19.9 Å². The molecule has 0 radical (unpaired) electrons. The SMILES string of the molecule is NC1CC(=O)Oc2cc3c(cc21)OCO3. The van der Waals surface area contributed by atoms with Crippen LogP contribution in [0.1, 0.15) is 18.0 Å². The molecular weight excluding hydrogens is 198 g/mol. The lowest BCUT2D eigenvalue weighted by Gasteiger charge is -2.21. The number of ether oxygens (including phenoxy) is 3. The van der Waals surface area contributed by atoms with Crippen molar-refractivity contribution in [2.24, 2.45) is 5.73 Å². The van der Waals surface area contributed by atoms with E-state index in [9.17, 15) is 4.79 Å². The van der Waals surface area contributed by atoms with Crippen molar-refractivity contribution in [3.63, 3.8) is 0 Å². The summed E-state index contributed by atoms with van der Waals surface area (Å²) in [6, 6.07) is 3.10.